The van der Waals surface area contributed by atoms with Crippen LogP contribution in [-0.4, -0.2) is 31.8 Å². The molecule has 0 saturated carbocycles. The molecule has 2 N–H and O–H groups in total. The Labute approximate surface area is 118 Å². The summed E-state index contributed by atoms with van der Waals surface area (Å²) in [6, 6.07) is 5.42. The molecular weight excluding hydrogens is 257 g/mol. The van der Waals surface area contributed by atoms with Gasteiger partial charge in [0, 0.05) is 29.9 Å². The lowest BCUT2D eigenvalue weighted by atomic mass is 10.1. The van der Waals surface area contributed by atoms with Gasteiger partial charge in [-0.15, -0.1) is 0 Å². The number of nitrogens with one attached hydrogen (secondary N) is 2. The van der Waals surface area contributed by atoms with Crippen molar-refractivity contribution >= 4 is 5.69 Å². The maximum absolute atomic E-state index is 13.7. The first kappa shape index (κ1) is 14.8. The molecule has 108 valence electrons. The van der Waals surface area contributed by atoms with Crippen LogP contribution in [0.5, 0.6) is 0 Å². The molecular formula is C15H20FN3O. The van der Waals surface area contributed by atoms with Crippen molar-refractivity contribution < 1.29 is 9.13 Å². The SMILES string of the molecule is Cc1c(F)cc(C#N)cc1NC(C)CC1COCCN1. The Balaban J connectivity index is 2.01. The smallest absolute Gasteiger partial charge is 0.129 e. The molecule has 1 aromatic carbocycles. The van der Waals surface area contributed by atoms with Crippen molar-refractivity contribution in [1.82, 2.24) is 5.32 Å². The quantitative estimate of drug-likeness (QED) is 0.885. The first-order chi connectivity index (χ1) is 9.60. The number of morpholine rings is 1. The van der Waals surface area contributed by atoms with E-state index in [2.05, 4.69) is 10.6 Å². The number of halogens is 1. The van der Waals surface area contributed by atoms with Crippen LogP contribution in [0.4, 0.5) is 10.1 Å². The number of ether oxygens (including phenoxy) is 1. The van der Waals surface area contributed by atoms with E-state index in [1.165, 1.54) is 6.07 Å². The molecule has 1 aliphatic heterocycles. The molecule has 20 heavy (non-hydrogen) atoms. The second kappa shape index (κ2) is 6.69. The number of hydrogen-bond donors (Lipinski definition) is 2. The number of nitriles is 1. The van der Waals surface area contributed by atoms with Crippen LogP contribution in [0.15, 0.2) is 12.1 Å². The van der Waals surface area contributed by atoms with Gasteiger partial charge in [0.1, 0.15) is 5.82 Å². The van der Waals surface area contributed by atoms with Gasteiger partial charge in [-0.05, 0) is 32.4 Å². The van der Waals surface area contributed by atoms with E-state index in [9.17, 15) is 4.39 Å². The first-order valence-corrected chi connectivity index (χ1v) is 6.88. The second-order valence-corrected chi connectivity index (χ2v) is 5.25. The Kier molecular flexibility index (Phi) is 4.94. The molecule has 0 radical (unpaired) electrons. The Hall–Kier alpha value is -1.64. The summed E-state index contributed by atoms with van der Waals surface area (Å²) in [6.07, 6.45) is 0.887. The number of rotatable bonds is 4. The molecule has 1 heterocycles. The van der Waals surface area contributed by atoms with Gasteiger partial charge in [-0.3, -0.25) is 0 Å². The van der Waals surface area contributed by atoms with Crippen molar-refractivity contribution in [3.8, 4) is 6.07 Å². The Morgan fingerprint density at radius 3 is 3.05 bits per heavy atom. The normalized spacial score (nSPS) is 20.2. The summed E-state index contributed by atoms with van der Waals surface area (Å²) in [5.74, 6) is -0.349. The van der Waals surface area contributed by atoms with Crippen molar-refractivity contribution in [2.24, 2.45) is 0 Å². The topological polar surface area (TPSA) is 57.1 Å². The Morgan fingerprint density at radius 1 is 1.60 bits per heavy atom. The van der Waals surface area contributed by atoms with Crippen molar-refractivity contribution in [1.29, 1.82) is 5.26 Å². The van der Waals surface area contributed by atoms with E-state index >= 15 is 0 Å². The molecule has 2 atom stereocenters. The molecule has 0 amide bonds. The standard InChI is InChI=1S/C15H20FN3O/c1-10(5-13-9-20-4-3-18-13)19-15-7-12(8-17)6-14(16)11(15)2/h6-7,10,13,18-19H,3-5,9H2,1-2H3. The van der Waals surface area contributed by atoms with Crippen molar-refractivity contribution in [3.05, 3.63) is 29.1 Å². The molecule has 0 aromatic heterocycles. The lowest BCUT2D eigenvalue weighted by molar-refractivity contribution is 0.0731. The minimum atomic E-state index is -0.349. The summed E-state index contributed by atoms with van der Waals surface area (Å²) in [5, 5.41) is 15.6. The number of nitrogens with zero attached hydrogens (tertiary/aromatic N) is 1. The van der Waals surface area contributed by atoms with Crippen LogP contribution >= 0.6 is 0 Å². The van der Waals surface area contributed by atoms with Gasteiger partial charge in [-0.25, -0.2) is 4.39 Å². The van der Waals surface area contributed by atoms with Gasteiger partial charge < -0.3 is 15.4 Å². The van der Waals surface area contributed by atoms with Crippen LogP contribution in [-0.2, 0) is 4.74 Å². The predicted octanol–water partition coefficient (Wildman–Crippen LogP) is 2.18. The van der Waals surface area contributed by atoms with Gasteiger partial charge >= 0.3 is 0 Å². The maximum atomic E-state index is 13.7. The zero-order valence-electron chi connectivity index (χ0n) is 11.9. The number of anilines is 1. The second-order valence-electron chi connectivity index (χ2n) is 5.25. The van der Waals surface area contributed by atoms with E-state index in [1.54, 1.807) is 13.0 Å². The summed E-state index contributed by atoms with van der Waals surface area (Å²) in [5.41, 5.74) is 1.57. The van der Waals surface area contributed by atoms with Gasteiger partial charge in [0.25, 0.3) is 0 Å². The van der Waals surface area contributed by atoms with E-state index in [1.807, 2.05) is 13.0 Å². The molecule has 2 unspecified atom stereocenters. The van der Waals surface area contributed by atoms with Crippen molar-refractivity contribution in [3.63, 3.8) is 0 Å². The molecule has 4 nitrogen and oxygen atoms in total. The number of benzene rings is 1. The first-order valence-electron chi connectivity index (χ1n) is 6.88. The Morgan fingerprint density at radius 2 is 2.40 bits per heavy atom. The van der Waals surface area contributed by atoms with Gasteiger partial charge in [0.2, 0.25) is 0 Å². The molecule has 0 bridgehead atoms. The third-order valence-electron chi connectivity index (χ3n) is 3.51. The lowest BCUT2D eigenvalue weighted by Gasteiger charge is -2.27. The van der Waals surface area contributed by atoms with E-state index in [4.69, 9.17) is 10.00 Å². The van der Waals surface area contributed by atoms with E-state index < -0.39 is 0 Å². The van der Waals surface area contributed by atoms with Crippen molar-refractivity contribution in [2.75, 3.05) is 25.1 Å². The monoisotopic (exact) mass is 277 g/mol. The third kappa shape index (κ3) is 3.69. The zero-order chi connectivity index (χ0) is 14.5. The average molecular weight is 277 g/mol. The average Bonchev–Trinajstić information content (AvgIpc) is 2.44. The van der Waals surface area contributed by atoms with Crippen LogP contribution in [0.2, 0.25) is 0 Å². The summed E-state index contributed by atoms with van der Waals surface area (Å²) < 4.78 is 19.1. The highest BCUT2D eigenvalue weighted by Crippen LogP contribution is 2.22. The predicted molar refractivity (Wildman–Crippen MR) is 76.2 cm³/mol. The van der Waals surface area contributed by atoms with Crippen LogP contribution in [0.25, 0.3) is 0 Å². The van der Waals surface area contributed by atoms with Gasteiger partial charge in [0.05, 0.1) is 24.8 Å². The maximum Gasteiger partial charge on any atom is 0.129 e. The number of hydrogen-bond acceptors (Lipinski definition) is 4. The van der Waals surface area contributed by atoms with Crippen LogP contribution < -0.4 is 10.6 Å². The fourth-order valence-electron chi connectivity index (χ4n) is 2.42. The molecule has 1 fully saturated rings. The lowest BCUT2D eigenvalue weighted by Crippen LogP contribution is -2.43. The van der Waals surface area contributed by atoms with E-state index in [0.717, 1.165) is 19.6 Å². The van der Waals surface area contributed by atoms with Gasteiger partial charge in [-0.2, -0.15) is 5.26 Å². The molecule has 0 spiro atoms. The van der Waals surface area contributed by atoms with Gasteiger partial charge in [-0.1, -0.05) is 0 Å². The summed E-state index contributed by atoms with van der Waals surface area (Å²) in [6.45, 7) is 6.10. The molecule has 1 aromatic rings. The largest absolute Gasteiger partial charge is 0.382 e. The molecule has 0 aliphatic carbocycles. The molecule has 5 heteroatoms. The molecule has 2 rings (SSSR count). The van der Waals surface area contributed by atoms with E-state index in [-0.39, 0.29) is 11.9 Å². The van der Waals surface area contributed by atoms with Crippen LogP contribution in [0.1, 0.15) is 24.5 Å². The van der Waals surface area contributed by atoms with E-state index in [0.29, 0.717) is 29.5 Å². The zero-order valence-corrected chi connectivity index (χ0v) is 11.9. The van der Waals surface area contributed by atoms with Crippen LogP contribution in [0, 0.1) is 24.1 Å². The summed E-state index contributed by atoms with van der Waals surface area (Å²) in [7, 11) is 0. The highest BCUT2D eigenvalue weighted by atomic mass is 19.1. The minimum absolute atomic E-state index is 0.168. The highest BCUT2D eigenvalue weighted by molar-refractivity contribution is 5.56. The van der Waals surface area contributed by atoms with Crippen LogP contribution in [0.3, 0.4) is 0 Å². The fourth-order valence-corrected chi connectivity index (χ4v) is 2.42. The Bertz CT molecular complexity index is 507. The molecule has 1 saturated heterocycles. The third-order valence-corrected chi connectivity index (χ3v) is 3.51. The molecule has 1 aliphatic rings. The highest BCUT2D eigenvalue weighted by Gasteiger charge is 2.17. The minimum Gasteiger partial charge on any atom is -0.382 e. The van der Waals surface area contributed by atoms with Crippen molar-refractivity contribution in [2.45, 2.75) is 32.4 Å². The summed E-state index contributed by atoms with van der Waals surface area (Å²) >= 11 is 0. The summed E-state index contributed by atoms with van der Waals surface area (Å²) in [4.78, 5) is 0. The fraction of sp³-hybridized carbons (Fsp3) is 0.533. The van der Waals surface area contributed by atoms with Gasteiger partial charge in [0.15, 0.2) is 0 Å².